The van der Waals surface area contributed by atoms with Gasteiger partial charge in [0.2, 0.25) is 5.91 Å². The molecule has 5 nitrogen and oxygen atoms in total. The summed E-state index contributed by atoms with van der Waals surface area (Å²) in [5.41, 5.74) is 3.41. The molecule has 0 aromatic heterocycles. The number of fused-ring (bicyclic) bond motifs is 1. The molecule has 1 N–H and O–H groups in total. The van der Waals surface area contributed by atoms with E-state index in [4.69, 9.17) is 9.47 Å². The first-order chi connectivity index (χ1) is 13.1. The number of halogens is 1. The first-order valence-electron chi connectivity index (χ1n) is 9.06. The largest absolute Gasteiger partial charge is 0.493 e. The van der Waals surface area contributed by atoms with Crippen molar-refractivity contribution in [2.45, 2.75) is 19.4 Å². The molecule has 0 unspecified atom stereocenters. The van der Waals surface area contributed by atoms with Gasteiger partial charge in [0.1, 0.15) is 5.82 Å². The van der Waals surface area contributed by atoms with Gasteiger partial charge in [0.05, 0.1) is 20.8 Å². The van der Waals surface area contributed by atoms with Gasteiger partial charge in [-0.15, -0.1) is 0 Å². The molecule has 0 saturated heterocycles. The van der Waals surface area contributed by atoms with E-state index >= 15 is 0 Å². The Morgan fingerprint density at radius 2 is 1.78 bits per heavy atom. The topological polar surface area (TPSA) is 50.8 Å². The lowest BCUT2D eigenvalue weighted by atomic mass is 9.99. The minimum absolute atomic E-state index is 0.000961. The van der Waals surface area contributed by atoms with E-state index in [9.17, 15) is 9.18 Å². The summed E-state index contributed by atoms with van der Waals surface area (Å²) in [4.78, 5) is 14.4. The summed E-state index contributed by atoms with van der Waals surface area (Å²) in [6.45, 7) is 2.44. The summed E-state index contributed by atoms with van der Waals surface area (Å²) < 4.78 is 23.6. The van der Waals surface area contributed by atoms with E-state index < -0.39 is 0 Å². The van der Waals surface area contributed by atoms with Gasteiger partial charge in [0.25, 0.3) is 0 Å². The fourth-order valence-corrected chi connectivity index (χ4v) is 3.33. The molecular formula is C21H25FN2O3. The lowest BCUT2D eigenvalue weighted by molar-refractivity contribution is -0.122. The molecule has 6 heteroatoms. The molecule has 1 heterocycles. The molecule has 1 aliphatic rings. The van der Waals surface area contributed by atoms with Crippen LogP contribution in [0.15, 0.2) is 36.4 Å². The van der Waals surface area contributed by atoms with Crippen molar-refractivity contribution in [3.63, 3.8) is 0 Å². The van der Waals surface area contributed by atoms with E-state index in [1.807, 2.05) is 12.1 Å². The average molecular weight is 372 g/mol. The fourth-order valence-electron chi connectivity index (χ4n) is 3.33. The third-order valence-corrected chi connectivity index (χ3v) is 4.81. The van der Waals surface area contributed by atoms with Gasteiger partial charge in [0, 0.05) is 19.6 Å². The van der Waals surface area contributed by atoms with Crippen molar-refractivity contribution in [2.75, 3.05) is 33.9 Å². The Morgan fingerprint density at radius 1 is 1.11 bits per heavy atom. The molecule has 1 aliphatic heterocycles. The quantitative estimate of drug-likeness (QED) is 0.812. The van der Waals surface area contributed by atoms with Crippen molar-refractivity contribution in [2.24, 2.45) is 0 Å². The summed E-state index contributed by atoms with van der Waals surface area (Å²) in [7, 11) is 3.26. The van der Waals surface area contributed by atoms with E-state index in [0.29, 0.717) is 31.8 Å². The number of rotatable bonds is 7. The molecule has 2 aromatic carbocycles. The molecule has 0 saturated carbocycles. The second-order valence-electron chi connectivity index (χ2n) is 6.66. The third-order valence-electron chi connectivity index (χ3n) is 4.81. The minimum atomic E-state index is -0.248. The molecule has 0 bridgehead atoms. The molecule has 2 aromatic rings. The number of methoxy groups -OCH3 is 2. The van der Waals surface area contributed by atoms with Gasteiger partial charge < -0.3 is 14.8 Å². The molecule has 3 rings (SSSR count). The van der Waals surface area contributed by atoms with Crippen LogP contribution in [0.4, 0.5) is 4.39 Å². The van der Waals surface area contributed by atoms with Crippen molar-refractivity contribution in [1.29, 1.82) is 0 Å². The highest BCUT2D eigenvalue weighted by Crippen LogP contribution is 2.33. The van der Waals surface area contributed by atoms with E-state index in [1.54, 1.807) is 26.4 Å². The van der Waals surface area contributed by atoms with Crippen LogP contribution >= 0.6 is 0 Å². The number of carbonyl (C=O) groups excluding carboxylic acids is 1. The maximum Gasteiger partial charge on any atom is 0.234 e. The Morgan fingerprint density at radius 3 is 2.44 bits per heavy atom. The third kappa shape index (κ3) is 4.98. The zero-order chi connectivity index (χ0) is 19.2. The standard InChI is InChI=1S/C21H25FN2O3/c1-26-19-11-16-8-10-24(13-17(16)12-20(19)27-2)14-21(25)23-9-7-15-3-5-18(22)6-4-15/h3-6,11-12H,7-10,13-14H2,1-2H3,(H,23,25). The lowest BCUT2D eigenvalue weighted by Gasteiger charge is -2.29. The van der Waals surface area contributed by atoms with E-state index in [0.717, 1.165) is 29.8 Å². The fraction of sp³-hybridized carbons (Fsp3) is 0.381. The summed E-state index contributed by atoms with van der Waals surface area (Å²) in [5.74, 6) is 1.20. The average Bonchev–Trinajstić information content (AvgIpc) is 2.68. The highest BCUT2D eigenvalue weighted by molar-refractivity contribution is 5.78. The summed E-state index contributed by atoms with van der Waals surface area (Å²) in [5, 5.41) is 2.94. The molecule has 0 radical (unpaired) electrons. The van der Waals surface area contributed by atoms with Gasteiger partial charge in [-0.3, -0.25) is 9.69 Å². The molecule has 27 heavy (non-hydrogen) atoms. The maximum atomic E-state index is 12.9. The van der Waals surface area contributed by atoms with Crippen LogP contribution in [0.5, 0.6) is 11.5 Å². The first kappa shape index (κ1) is 19.2. The zero-order valence-electron chi connectivity index (χ0n) is 15.8. The summed E-state index contributed by atoms with van der Waals surface area (Å²) in [6.07, 6.45) is 1.56. The van der Waals surface area contributed by atoms with Crippen LogP contribution in [-0.4, -0.2) is 44.7 Å². The summed E-state index contributed by atoms with van der Waals surface area (Å²) in [6, 6.07) is 10.4. The number of amides is 1. The van der Waals surface area contributed by atoms with E-state index in [1.165, 1.54) is 17.7 Å². The molecule has 0 fully saturated rings. The summed E-state index contributed by atoms with van der Waals surface area (Å²) >= 11 is 0. The Balaban J connectivity index is 1.50. The SMILES string of the molecule is COc1cc2c(cc1OC)CN(CC(=O)NCCc1ccc(F)cc1)CC2. The van der Waals surface area contributed by atoms with Crippen LogP contribution in [0.3, 0.4) is 0 Å². The maximum absolute atomic E-state index is 12.9. The van der Waals surface area contributed by atoms with Crippen molar-refractivity contribution in [3.8, 4) is 11.5 Å². The highest BCUT2D eigenvalue weighted by atomic mass is 19.1. The van der Waals surface area contributed by atoms with Gasteiger partial charge in [0.15, 0.2) is 11.5 Å². The van der Waals surface area contributed by atoms with Crippen LogP contribution in [0.2, 0.25) is 0 Å². The number of hydrogen-bond donors (Lipinski definition) is 1. The second kappa shape index (κ2) is 8.86. The number of nitrogens with one attached hydrogen (secondary N) is 1. The van der Waals surface area contributed by atoms with Crippen LogP contribution in [0, 0.1) is 5.82 Å². The molecule has 144 valence electrons. The van der Waals surface area contributed by atoms with Gasteiger partial charge in [-0.1, -0.05) is 12.1 Å². The Kier molecular flexibility index (Phi) is 6.29. The second-order valence-corrected chi connectivity index (χ2v) is 6.66. The Bertz CT molecular complexity index is 793. The minimum Gasteiger partial charge on any atom is -0.493 e. The normalized spacial score (nSPS) is 13.7. The van der Waals surface area contributed by atoms with Gasteiger partial charge in [-0.05, 0) is 53.8 Å². The number of nitrogens with zero attached hydrogens (tertiary/aromatic N) is 1. The van der Waals surface area contributed by atoms with Crippen molar-refractivity contribution in [3.05, 3.63) is 58.9 Å². The van der Waals surface area contributed by atoms with Crippen molar-refractivity contribution >= 4 is 5.91 Å². The Hall–Kier alpha value is -2.60. The van der Waals surface area contributed by atoms with Gasteiger partial charge in [-0.2, -0.15) is 0 Å². The molecule has 0 spiro atoms. The molecule has 0 aliphatic carbocycles. The number of hydrogen-bond acceptors (Lipinski definition) is 4. The number of ether oxygens (including phenoxy) is 2. The predicted octanol–water partition coefficient (Wildman–Crippen LogP) is 2.56. The number of benzene rings is 2. The highest BCUT2D eigenvalue weighted by Gasteiger charge is 2.20. The van der Waals surface area contributed by atoms with Crippen molar-refractivity contribution in [1.82, 2.24) is 10.2 Å². The van der Waals surface area contributed by atoms with Crippen LogP contribution < -0.4 is 14.8 Å². The van der Waals surface area contributed by atoms with Crippen molar-refractivity contribution < 1.29 is 18.7 Å². The van der Waals surface area contributed by atoms with Crippen LogP contribution in [0.1, 0.15) is 16.7 Å². The lowest BCUT2D eigenvalue weighted by Crippen LogP contribution is -2.40. The smallest absolute Gasteiger partial charge is 0.234 e. The van der Waals surface area contributed by atoms with E-state index in [2.05, 4.69) is 10.2 Å². The van der Waals surface area contributed by atoms with Crippen LogP contribution in [0.25, 0.3) is 0 Å². The monoisotopic (exact) mass is 372 g/mol. The van der Waals surface area contributed by atoms with Gasteiger partial charge >= 0.3 is 0 Å². The zero-order valence-corrected chi connectivity index (χ0v) is 15.8. The van der Waals surface area contributed by atoms with E-state index in [-0.39, 0.29) is 11.7 Å². The molecular weight excluding hydrogens is 347 g/mol. The molecule has 1 amide bonds. The number of carbonyl (C=O) groups is 1. The Labute approximate surface area is 159 Å². The predicted molar refractivity (Wildman–Crippen MR) is 102 cm³/mol. The van der Waals surface area contributed by atoms with Crippen LogP contribution in [-0.2, 0) is 24.2 Å². The first-order valence-corrected chi connectivity index (χ1v) is 9.06. The van der Waals surface area contributed by atoms with Gasteiger partial charge in [-0.25, -0.2) is 4.39 Å². The molecule has 0 atom stereocenters.